The standard InChI is InChI=1S/C13H18N2O4/c1-13(2,3)19-12(16)8-11(14)9-4-6-10(7-5-9)15(17)18/h4-7,11H,8,14H2,1-3H3. The van der Waals surface area contributed by atoms with Gasteiger partial charge >= 0.3 is 5.97 Å². The van der Waals surface area contributed by atoms with E-state index in [4.69, 9.17) is 10.5 Å². The predicted molar refractivity (Wildman–Crippen MR) is 70.5 cm³/mol. The minimum atomic E-state index is -0.549. The third-order valence-corrected chi connectivity index (χ3v) is 2.34. The molecule has 0 amide bonds. The lowest BCUT2D eigenvalue weighted by Gasteiger charge is -2.21. The van der Waals surface area contributed by atoms with Crippen molar-refractivity contribution in [2.45, 2.75) is 38.8 Å². The Morgan fingerprint density at radius 3 is 2.32 bits per heavy atom. The van der Waals surface area contributed by atoms with Crippen LogP contribution in [0.3, 0.4) is 0 Å². The normalized spacial score (nSPS) is 12.8. The van der Waals surface area contributed by atoms with Gasteiger partial charge in [-0.3, -0.25) is 14.9 Å². The maximum atomic E-state index is 11.6. The van der Waals surface area contributed by atoms with Gasteiger partial charge in [0, 0.05) is 18.2 Å². The molecule has 0 radical (unpaired) electrons. The number of ether oxygens (including phenoxy) is 1. The number of nitro groups is 1. The first-order valence-electron chi connectivity index (χ1n) is 5.91. The fourth-order valence-electron chi connectivity index (χ4n) is 1.52. The summed E-state index contributed by atoms with van der Waals surface area (Å²) in [5.74, 6) is -0.390. The van der Waals surface area contributed by atoms with Gasteiger partial charge in [0.1, 0.15) is 5.60 Å². The van der Waals surface area contributed by atoms with Crippen LogP contribution in [0.4, 0.5) is 5.69 Å². The van der Waals surface area contributed by atoms with Crippen LogP contribution in [-0.2, 0) is 9.53 Å². The summed E-state index contributed by atoms with van der Waals surface area (Å²) >= 11 is 0. The molecule has 0 bridgehead atoms. The van der Waals surface area contributed by atoms with E-state index in [9.17, 15) is 14.9 Å². The van der Waals surface area contributed by atoms with Crippen LogP contribution in [0.1, 0.15) is 38.8 Å². The van der Waals surface area contributed by atoms with E-state index in [-0.39, 0.29) is 12.1 Å². The molecule has 104 valence electrons. The van der Waals surface area contributed by atoms with Gasteiger partial charge in [0.2, 0.25) is 0 Å². The van der Waals surface area contributed by atoms with Crippen LogP contribution < -0.4 is 5.73 Å². The van der Waals surface area contributed by atoms with Crippen LogP contribution in [0.15, 0.2) is 24.3 Å². The molecular weight excluding hydrogens is 248 g/mol. The van der Waals surface area contributed by atoms with Crippen molar-refractivity contribution >= 4 is 11.7 Å². The van der Waals surface area contributed by atoms with Crippen molar-refractivity contribution in [2.24, 2.45) is 5.73 Å². The largest absolute Gasteiger partial charge is 0.460 e. The molecule has 0 spiro atoms. The van der Waals surface area contributed by atoms with E-state index in [2.05, 4.69) is 0 Å². The summed E-state index contributed by atoms with van der Waals surface area (Å²) in [7, 11) is 0. The summed E-state index contributed by atoms with van der Waals surface area (Å²) in [6.45, 7) is 5.34. The molecule has 0 aromatic heterocycles. The molecule has 1 atom stereocenters. The molecule has 19 heavy (non-hydrogen) atoms. The molecule has 0 saturated carbocycles. The van der Waals surface area contributed by atoms with Gasteiger partial charge in [-0.1, -0.05) is 12.1 Å². The van der Waals surface area contributed by atoms with E-state index < -0.39 is 22.5 Å². The van der Waals surface area contributed by atoms with E-state index in [0.29, 0.717) is 5.56 Å². The zero-order valence-corrected chi connectivity index (χ0v) is 11.3. The third-order valence-electron chi connectivity index (χ3n) is 2.34. The molecule has 1 unspecified atom stereocenters. The van der Waals surface area contributed by atoms with Crippen molar-refractivity contribution in [1.82, 2.24) is 0 Å². The SMILES string of the molecule is CC(C)(C)OC(=O)CC(N)c1ccc([N+](=O)[O-])cc1. The maximum Gasteiger partial charge on any atom is 0.308 e. The predicted octanol–water partition coefficient (Wildman–Crippen LogP) is 2.33. The van der Waals surface area contributed by atoms with Crippen molar-refractivity contribution in [3.63, 3.8) is 0 Å². The van der Waals surface area contributed by atoms with E-state index in [1.54, 1.807) is 32.9 Å². The van der Waals surface area contributed by atoms with Crippen LogP contribution in [0.5, 0.6) is 0 Å². The van der Waals surface area contributed by atoms with Crippen molar-refractivity contribution in [2.75, 3.05) is 0 Å². The van der Waals surface area contributed by atoms with Crippen molar-refractivity contribution in [3.8, 4) is 0 Å². The first-order chi connectivity index (χ1) is 8.69. The van der Waals surface area contributed by atoms with Gasteiger partial charge in [0.05, 0.1) is 11.3 Å². The highest BCUT2D eigenvalue weighted by Crippen LogP contribution is 2.20. The van der Waals surface area contributed by atoms with Crippen LogP contribution in [0.2, 0.25) is 0 Å². The molecule has 0 aliphatic carbocycles. The Bertz CT molecular complexity index is 463. The fourth-order valence-corrected chi connectivity index (χ4v) is 1.52. The van der Waals surface area contributed by atoms with E-state index >= 15 is 0 Å². The second kappa shape index (κ2) is 5.79. The smallest absolute Gasteiger partial charge is 0.308 e. The second-order valence-electron chi connectivity index (χ2n) is 5.25. The van der Waals surface area contributed by atoms with E-state index in [1.165, 1.54) is 12.1 Å². The number of carbonyl (C=O) groups excluding carboxylic acids is 1. The Morgan fingerprint density at radius 1 is 1.37 bits per heavy atom. The summed E-state index contributed by atoms with van der Waals surface area (Å²) in [4.78, 5) is 21.6. The van der Waals surface area contributed by atoms with Crippen LogP contribution in [0, 0.1) is 10.1 Å². The lowest BCUT2D eigenvalue weighted by atomic mass is 10.0. The molecular formula is C13H18N2O4. The Hall–Kier alpha value is -1.95. The molecule has 1 rings (SSSR count). The number of nitro benzene ring substituents is 1. The highest BCUT2D eigenvalue weighted by molar-refractivity contribution is 5.71. The maximum absolute atomic E-state index is 11.6. The molecule has 0 heterocycles. The Morgan fingerprint density at radius 2 is 1.89 bits per heavy atom. The Kier molecular flexibility index (Phi) is 4.61. The number of rotatable bonds is 4. The number of non-ortho nitro benzene ring substituents is 1. The minimum Gasteiger partial charge on any atom is -0.460 e. The number of esters is 1. The number of hydrogen-bond donors (Lipinski definition) is 1. The highest BCUT2D eigenvalue weighted by Gasteiger charge is 2.19. The summed E-state index contributed by atoms with van der Waals surface area (Å²) in [6, 6.07) is 5.30. The van der Waals surface area contributed by atoms with Gasteiger partial charge in [0.25, 0.3) is 5.69 Å². The number of carbonyl (C=O) groups is 1. The van der Waals surface area contributed by atoms with Gasteiger partial charge in [-0.05, 0) is 26.3 Å². The molecule has 2 N–H and O–H groups in total. The molecule has 1 aromatic carbocycles. The molecule has 6 heteroatoms. The first-order valence-corrected chi connectivity index (χ1v) is 5.91. The average molecular weight is 266 g/mol. The fraction of sp³-hybridized carbons (Fsp3) is 0.462. The monoisotopic (exact) mass is 266 g/mol. The highest BCUT2D eigenvalue weighted by atomic mass is 16.6. The van der Waals surface area contributed by atoms with Gasteiger partial charge in [-0.2, -0.15) is 0 Å². The summed E-state index contributed by atoms with van der Waals surface area (Å²) in [5.41, 5.74) is 5.98. The summed E-state index contributed by atoms with van der Waals surface area (Å²) < 4.78 is 5.16. The number of hydrogen-bond acceptors (Lipinski definition) is 5. The van der Waals surface area contributed by atoms with Gasteiger partial charge in [0.15, 0.2) is 0 Å². The Balaban J connectivity index is 2.65. The number of nitrogens with zero attached hydrogens (tertiary/aromatic N) is 1. The Labute approximate surface area is 111 Å². The second-order valence-corrected chi connectivity index (χ2v) is 5.25. The molecule has 0 aliphatic heterocycles. The number of benzene rings is 1. The van der Waals surface area contributed by atoms with E-state index in [0.717, 1.165) is 0 Å². The third kappa shape index (κ3) is 5.05. The van der Waals surface area contributed by atoms with Crippen molar-refractivity contribution in [1.29, 1.82) is 0 Å². The zero-order valence-electron chi connectivity index (χ0n) is 11.3. The van der Waals surface area contributed by atoms with E-state index in [1.807, 2.05) is 0 Å². The van der Waals surface area contributed by atoms with Crippen LogP contribution in [-0.4, -0.2) is 16.5 Å². The molecule has 0 saturated heterocycles. The van der Waals surface area contributed by atoms with Gasteiger partial charge in [-0.15, -0.1) is 0 Å². The first kappa shape index (κ1) is 15.1. The zero-order chi connectivity index (χ0) is 14.6. The summed E-state index contributed by atoms with van der Waals surface area (Å²) in [5, 5.41) is 10.5. The molecule has 0 fully saturated rings. The topological polar surface area (TPSA) is 95.5 Å². The van der Waals surface area contributed by atoms with Gasteiger partial charge in [-0.25, -0.2) is 0 Å². The van der Waals surface area contributed by atoms with Crippen LogP contribution >= 0.6 is 0 Å². The molecule has 0 aliphatic rings. The van der Waals surface area contributed by atoms with Crippen LogP contribution in [0.25, 0.3) is 0 Å². The molecule has 1 aromatic rings. The van der Waals surface area contributed by atoms with Crippen molar-refractivity contribution < 1.29 is 14.5 Å². The van der Waals surface area contributed by atoms with Crippen molar-refractivity contribution in [3.05, 3.63) is 39.9 Å². The minimum absolute atomic E-state index is 0.00628. The average Bonchev–Trinajstić information content (AvgIpc) is 2.26. The number of nitrogens with two attached hydrogens (primary N) is 1. The summed E-state index contributed by atoms with van der Waals surface area (Å²) in [6.07, 6.45) is 0.0368. The van der Waals surface area contributed by atoms with Gasteiger partial charge < -0.3 is 10.5 Å². The quantitative estimate of drug-likeness (QED) is 0.512. The lowest BCUT2D eigenvalue weighted by molar-refractivity contribution is -0.384. The lowest BCUT2D eigenvalue weighted by Crippen LogP contribution is -2.26. The molecule has 6 nitrogen and oxygen atoms in total.